The molecule has 1 aliphatic heterocycles. The highest BCUT2D eigenvalue weighted by molar-refractivity contribution is 6.02. The summed E-state index contributed by atoms with van der Waals surface area (Å²) in [5, 5.41) is 7.32. The van der Waals surface area contributed by atoms with Gasteiger partial charge >= 0.3 is 0 Å². The Morgan fingerprint density at radius 3 is 2.78 bits per heavy atom. The quantitative estimate of drug-likeness (QED) is 0.883. The summed E-state index contributed by atoms with van der Waals surface area (Å²) in [7, 11) is 0. The van der Waals surface area contributed by atoms with E-state index in [4.69, 9.17) is 0 Å². The van der Waals surface area contributed by atoms with Crippen LogP contribution < -0.4 is 5.32 Å². The number of benzene rings is 1. The molecule has 0 bridgehead atoms. The van der Waals surface area contributed by atoms with Gasteiger partial charge in [-0.25, -0.2) is 0 Å². The lowest BCUT2D eigenvalue weighted by atomic mass is 10.2. The number of carbonyl (C=O) groups excluding carboxylic acids is 1. The largest absolute Gasteiger partial charge is 0.321 e. The second kappa shape index (κ2) is 6.79. The van der Waals surface area contributed by atoms with Crippen LogP contribution in [0.15, 0.2) is 48.0 Å². The molecule has 1 aliphatic rings. The number of aromatic nitrogens is 2. The lowest BCUT2D eigenvalue weighted by Crippen LogP contribution is -2.34. The molecule has 0 aliphatic carbocycles. The van der Waals surface area contributed by atoms with Crippen molar-refractivity contribution in [2.45, 2.75) is 26.9 Å². The van der Waals surface area contributed by atoms with E-state index < -0.39 is 0 Å². The first-order valence-corrected chi connectivity index (χ1v) is 7.90. The molecular weight excluding hydrogens is 288 g/mol. The van der Waals surface area contributed by atoms with Crippen molar-refractivity contribution in [3.63, 3.8) is 0 Å². The zero-order valence-corrected chi connectivity index (χ0v) is 13.6. The van der Waals surface area contributed by atoms with Crippen LogP contribution >= 0.6 is 0 Å². The molecule has 1 aromatic carbocycles. The third kappa shape index (κ3) is 3.87. The average molecular weight is 310 g/mol. The Hall–Kier alpha value is -2.40. The number of para-hydroxylation sites is 1. The highest BCUT2D eigenvalue weighted by Crippen LogP contribution is 2.15. The number of rotatable bonds is 4. The highest BCUT2D eigenvalue weighted by atomic mass is 16.1. The summed E-state index contributed by atoms with van der Waals surface area (Å²) in [5.74, 6) is -0.158. The predicted molar refractivity (Wildman–Crippen MR) is 91.3 cm³/mol. The summed E-state index contributed by atoms with van der Waals surface area (Å²) in [6, 6.07) is 11.4. The van der Waals surface area contributed by atoms with Gasteiger partial charge in [0.1, 0.15) is 0 Å². The third-order valence-electron chi connectivity index (χ3n) is 3.90. The maximum atomic E-state index is 12.3. The molecule has 120 valence electrons. The average Bonchev–Trinajstić information content (AvgIpc) is 2.97. The number of anilines is 1. The highest BCUT2D eigenvalue weighted by Gasteiger charge is 2.20. The molecule has 5 nitrogen and oxygen atoms in total. The number of nitrogens with one attached hydrogen (secondary N) is 1. The standard InChI is InChI=1S/C18H22N4O/c1-14(2)8-9-21-10-11-22-16(13-21)12-17(20-22)18(23)19-15-6-4-3-5-7-15/h3-8,12H,9-11,13H2,1-2H3,(H,19,23). The van der Waals surface area contributed by atoms with Gasteiger partial charge in [0.05, 0.1) is 12.2 Å². The van der Waals surface area contributed by atoms with Crippen LogP contribution in [0.5, 0.6) is 0 Å². The van der Waals surface area contributed by atoms with Crippen LogP contribution in [0.4, 0.5) is 5.69 Å². The third-order valence-corrected chi connectivity index (χ3v) is 3.90. The summed E-state index contributed by atoms with van der Waals surface area (Å²) >= 11 is 0. The van der Waals surface area contributed by atoms with E-state index in [9.17, 15) is 4.79 Å². The zero-order valence-electron chi connectivity index (χ0n) is 13.6. The van der Waals surface area contributed by atoms with Crippen LogP contribution in [0, 0.1) is 0 Å². The number of nitrogens with zero attached hydrogens (tertiary/aromatic N) is 3. The van der Waals surface area contributed by atoms with Crippen molar-refractivity contribution >= 4 is 11.6 Å². The van der Waals surface area contributed by atoms with Gasteiger partial charge in [-0.2, -0.15) is 5.10 Å². The van der Waals surface area contributed by atoms with Gasteiger partial charge in [0, 0.05) is 25.3 Å². The Balaban J connectivity index is 1.68. The van der Waals surface area contributed by atoms with Crippen molar-refractivity contribution in [2.24, 2.45) is 0 Å². The van der Waals surface area contributed by atoms with Gasteiger partial charge in [0.25, 0.3) is 5.91 Å². The van der Waals surface area contributed by atoms with E-state index in [1.54, 1.807) is 0 Å². The van der Waals surface area contributed by atoms with Crippen LogP contribution in [0.3, 0.4) is 0 Å². The van der Waals surface area contributed by atoms with Crippen molar-refractivity contribution in [3.05, 3.63) is 59.4 Å². The lowest BCUT2D eigenvalue weighted by Gasteiger charge is -2.26. The van der Waals surface area contributed by atoms with E-state index in [0.29, 0.717) is 5.69 Å². The molecule has 5 heteroatoms. The maximum absolute atomic E-state index is 12.3. The number of carbonyl (C=O) groups is 1. The van der Waals surface area contributed by atoms with Gasteiger partial charge in [-0.05, 0) is 32.0 Å². The van der Waals surface area contributed by atoms with Crippen molar-refractivity contribution < 1.29 is 4.79 Å². The first-order valence-electron chi connectivity index (χ1n) is 7.90. The molecule has 1 N–H and O–H groups in total. The van der Waals surface area contributed by atoms with Gasteiger partial charge in [-0.15, -0.1) is 0 Å². The van der Waals surface area contributed by atoms with E-state index in [2.05, 4.69) is 35.2 Å². The number of hydrogen-bond acceptors (Lipinski definition) is 3. The lowest BCUT2D eigenvalue weighted by molar-refractivity contribution is 0.102. The second-order valence-corrected chi connectivity index (χ2v) is 6.08. The van der Waals surface area contributed by atoms with Gasteiger partial charge in [0.15, 0.2) is 5.69 Å². The summed E-state index contributed by atoms with van der Waals surface area (Å²) in [6.45, 7) is 7.78. The minimum Gasteiger partial charge on any atom is -0.321 e. The molecule has 2 heterocycles. The van der Waals surface area contributed by atoms with Gasteiger partial charge in [0.2, 0.25) is 0 Å². The molecule has 0 saturated carbocycles. The molecule has 0 unspecified atom stereocenters. The van der Waals surface area contributed by atoms with Gasteiger partial charge < -0.3 is 5.32 Å². The topological polar surface area (TPSA) is 50.2 Å². The van der Waals surface area contributed by atoms with Crippen LogP contribution in [-0.2, 0) is 13.1 Å². The van der Waals surface area contributed by atoms with Crippen LogP contribution in [0.2, 0.25) is 0 Å². The smallest absolute Gasteiger partial charge is 0.276 e. The Morgan fingerprint density at radius 1 is 1.26 bits per heavy atom. The Bertz CT molecular complexity index is 714. The molecular formula is C18H22N4O. The number of allylic oxidation sites excluding steroid dienone is 1. The van der Waals surface area contributed by atoms with Crippen molar-refractivity contribution in [1.82, 2.24) is 14.7 Å². The first-order chi connectivity index (χ1) is 11.1. The predicted octanol–water partition coefficient (Wildman–Crippen LogP) is 2.92. The van der Waals surface area contributed by atoms with Crippen molar-refractivity contribution in [2.75, 3.05) is 18.4 Å². The fraction of sp³-hybridized carbons (Fsp3) is 0.333. The molecule has 0 saturated heterocycles. The van der Waals surface area contributed by atoms with E-state index in [-0.39, 0.29) is 5.91 Å². The van der Waals surface area contributed by atoms with Gasteiger partial charge in [-0.1, -0.05) is 29.8 Å². The Labute approximate surface area is 136 Å². The van der Waals surface area contributed by atoms with Gasteiger partial charge in [-0.3, -0.25) is 14.4 Å². The van der Waals surface area contributed by atoms with E-state index in [1.165, 1.54) is 5.57 Å². The number of amides is 1. The van der Waals surface area contributed by atoms with E-state index in [0.717, 1.165) is 37.6 Å². The fourth-order valence-electron chi connectivity index (χ4n) is 2.62. The first kappa shape index (κ1) is 15.5. The fourth-order valence-corrected chi connectivity index (χ4v) is 2.62. The molecule has 23 heavy (non-hydrogen) atoms. The normalized spacial score (nSPS) is 14.2. The van der Waals surface area contributed by atoms with Crippen LogP contribution in [-0.4, -0.2) is 33.7 Å². The van der Waals surface area contributed by atoms with Crippen molar-refractivity contribution in [3.8, 4) is 0 Å². The summed E-state index contributed by atoms with van der Waals surface area (Å²) < 4.78 is 1.94. The Morgan fingerprint density at radius 2 is 2.04 bits per heavy atom. The summed E-state index contributed by atoms with van der Waals surface area (Å²) in [5.41, 5.74) is 3.69. The number of fused-ring (bicyclic) bond motifs is 1. The molecule has 1 amide bonds. The molecule has 0 atom stereocenters. The molecule has 0 spiro atoms. The minimum atomic E-state index is -0.158. The number of hydrogen-bond donors (Lipinski definition) is 1. The molecule has 3 rings (SSSR count). The molecule has 1 aromatic heterocycles. The van der Waals surface area contributed by atoms with E-state index >= 15 is 0 Å². The van der Waals surface area contributed by atoms with Crippen molar-refractivity contribution in [1.29, 1.82) is 0 Å². The zero-order chi connectivity index (χ0) is 16.2. The summed E-state index contributed by atoms with van der Waals surface area (Å²) in [4.78, 5) is 14.7. The summed E-state index contributed by atoms with van der Waals surface area (Å²) in [6.07, 6.45) is 2.23. The van der Waals surface area contributed by atoms with E-state index in [1.807, 2.05) is 41.1 Å². The molecule has 2 aromatic rings. The maximum Gasteiger partial charge on any atom is 0.276 e. The van der Waals surface area contributed by atoms with Crippen LogP contribution in [0.25, 0.3) is 0 Å². The SMILES string of the molecule is CC(C)=CCN1CCn2nc(C(=O)Nc3ccccc3)cc2C1. The monoisotopic (exact) mass is 310 g/mol. The molecule has 0 radical (unpaired) electrons. The minimum absolute atomic E-state index is 0.158. The molecule has 0 fully saturated rings. The Kier molecular flexibility index (Phi) is 4.57. The van der Waals surface area contributed by atoms with Crippen LogP contribution in [0.1, 0.15) is 30.0 Å². The second-order valence-electron chi connectivity index (χ2n) is 6.08.